The van der Waals surface area contributed by atoms with Crippen molar-refractivity contribution in [2.45, 2.75) is 18.6 Å². The number of hydrogen-bond donors (Lipinski definition) is 1. The Morgan fingerprint density at radius 3 is 2.44 bits per heavy atom. The summed E-state index contributed by atoms with van der Waals surface area (Å²) in [6.07, 6.45) is 3.89. The van der Waals surface area contributed by atoms with E-state index in [9.17, 15) is 0 Å². The molecule has 1 aliphatic heterocycles. The summed E-state index contributed by atoms with van der Waals surface area (Å²) in [6, 6.07) is 26.1. The van der Waals surface area contributed by atoms with Crippen LogP contribution in [0.4, 0.5) is 0 Å². The van der Waals surface area contributed by atoms with Gasteiger partial charge in [0.1, 0.15) is 11.5 Å². The van der Waals surface area contributed by atoms with Crippen molar-refractivity contribution in [2.75, 3.05) is 14.2 Å². The number of thiocarbonyl (C=S) groups is 1. The second-order valence-electron chi connectivity index (χ2n) is 8.08. The molecule has 0 bridgehead atoms. The van der Waals surface area contributed by atoms with Gasteiger partial charge >= 0.3 is 0 Å². The Morgan fingerprint density at radius 2 is 1.71 bits per heavy atom. The predicted octanol–water partition coefficient (Wildman–Crippen LogP) is 5.06. The van der Waals surface area contributed by atoms with E-state index in [2.05, 4.69) is 56.3 Å². The fourth-order valence-electron chi connectivity index (χ4n) is 4.51. The average molecular weight is 471 g/mol. The van der Waals surface area contributed by atoms with Crippen LogP contribution in [0.1, 0.15) is 29.0 Å². The minimum atomic E-state index is -0.102. The molecule has 0 radical (unpaired) electrons. The van der Waals surface area contributed by atoms with Crippen LogP contribution in [0.2, 0.25) is 0 Å². The van der Waals surface area contributed by atoms with E-state index in [1.807, 2.05) is 54.7 Å². The topological polar surface area (TPSA) is 51.5 Å². The highest BCUT2D eigenvalue weighted by Crippen LogP contribution is 2.41. The zero-order chi connectivity index (χ0) is 23.5. The van der Waals surface area contributed by atoms with Crippen LogP contribution in [0.3, 0.4) is 0 Å². The largest absolute Gasteiger partial charge is 0.497 e. The molecule has 1 saturated heterocycles. The van der Waals surface area contributed by atoms with Crippen molar-refractivity contribution >= 4 is 17.3 Å². The lowest BCUT2D eigenvalue weighted by Crippen LogP contribution is -2.30. The number of rotatable bonds is 7. The molecule has 4 aromatic rings. The predicted molar refractivity (Wildman–Crippen MR) is 136 cm³/mol. The first-order chi connectivity index (χ1) is 16.7. The van der Waals surface area contributed by atoms with Crippen molar-refractivity contribution in [3.05, 3.63) is 108 Å². The number of methoxy groups -OCH3 is 2. The van der Waals surface area contributed by atoms with Gasteiger partial charge in [0.2, 0.25) is 0 Å². The summed E-state index contributed by atoms with van der Waals surface area (Å²) in [5, 5.41) is 4.23. The molecule has 3 heterocycles. The highest BCUT2D eigenvalue weighted by molar-refractivity contribution is 7.80. The normalized spacial score (nSPS) is 17.5. The molecule has 0 amide bonds. The van der Waals surface area contributed by atoms with Crippen LogP contribution in [0.25, 0.3) is 5.69 Å². The Bertz CT molecular complexity index is 1270. The van der Waals surface area contributed by atoms with Gasteiger partial charge < -0.3 is 24.3 Å². The number of aromatic nitrogens is 2. The Labute approximate surface area is 204 Å². The number of para-hydroxylation sites is 2. The van der Waals surface area contributed by atoms with Crippen molar-refractivity contribution in [2.24, 2.45) is 0 Å². The fourth-order valence-corrected chi connectivity index (χ4v) is 4.81. The van der Waals surface area contributed by atoms with E-state index >= 15 is 0 Å². The standard InChI is InChI=1S/C27H26N4O2S/c1-32-20-14-12-19(13-15-20)18-31-26(25(29-27(31)34)21-8-5-6-16-28-21)23-10-7-17-30(23)22-9-3-4-11-24(22)33-2/h3-17,25-26H,18H2,1-2H3,(H,29,34)/t25-,26+/m0/s1. The molecule has 1 aliphatic rings. The van der Waals surface area contributed by atoms with Crippen LogP contribution < -0.4 is 14.8 Å². The Kier molecular flexibility index (Phi) is 6.18. The second-order valence-corrected chi connectivity index (χ2v) is 8.46. The summed E-state index contributed by atoms with van der Waals surface area (Å²) in [5.41, 5.74) is 4.17. The van der Waals surface area contributed by atoms with Gasteiger partial charge in [0.05, 0.1) is 37.7 Å². The van der Waals surface area contributed by atoms with E-state index in [-0.39, 0.29) is 12.1 Å². The molecular formula is C27H26N4O2S. The van der Waals surface area contributed by atoms with Crippen molar-refractivity contribution in [1.29, 1.82) is 0 Å². The molecule has 2 aromatic heterocycles. The van der Waals surface area contributed by atoms with Crippen molar-refractivity contribution in [1.82, 2.24) is 19.8 Å². The molecular weight excluding hydrogens is 444 g/mol. The summed E-state index contributed by atoms with van der Waals surface area (Å²) in [5.74, 6) is 1.64. The summed E-state index contributed by atoms with van der Waals surface area (Å²) in [7, 11) is 3.37. The van der Waals surface area contributed by atoms with E-state index in [0.29, 0.717) is 11.7 Å². The fraction of sp³-hybridized carbons (Fsp3) is 0.185. The molecule has 1 N–H and O–H groups in total. The highest BCUT2D eigenvalue weighted by Gasteiger charge is 2.41. The molecule has 172 valence electrons. The molecule has 34 heavy (non-hydrogen) atoms. The summed E-state index contributed by atoms with van der Waals surface area (Å²) in [4.78, 5) is 6.89. The highest BCUT2D eigenvalue weighted by atomic mass is 32.1. The maximum absolute atomic E-state index is 5.85. The van der Waals surface area contributed by atoms with Crippen molar-refractivity contribution in [3.63, 3.8) is 0 Å². The molecule has 2 atom stereocenters. The van der Waals surface area contributed by atoms with Gasteiger partial charge in [-0.05, 0) is 66.3 Å². The lowest BCUT2D eigenvalue weighted by Gasteiger charge is -2.29. The molecule has 0 spiro atoms. The van der Waals surface area contributed by atoms with E-state index < -0.39 is 0 Å². The third kappa shape index (κ3) is 4.10. The smallest absolute Gasteiger partial charge is 0.170 e. The maximum atomic E-state index is 5.85. The van der Waals surface area contributed by atoms with Crippen LogP contribution in [0.15, 0.2) is 91.3 Å². The van der Waals surface area contributed by atoms with Gasteiger partial charge in [0, 0.05) is 24.6 Å². The molecule has 0 saturated carbocycles. The number of hydrogen-bond acceptors (Lipinski definition) is 4. The lowest BCUT2D eigenvalue weighted by molar-refractivity contribution is 0.301. The van der Waals surface area contributed by atoms with Gasteiger partial charge in [0.25, 0.3) is 0 Å². The van der Waals surface area contributed by atoms with Crippen LogP contribution in [-0.4, -0.2) is 33.8 Å². The molecule has 2 aromatic carbocycles. The van der Waals surface area contributed by atoms with Crippen molar-refractivity contribution in [3.8, 4) is 17.2 Å². The zero-order valence-electron chi connectivity index (χ0n) is 19.1. The van der Waals surface area contributed by atoms with Gasteiger partial charge in [-0.1, -0.05) is 30.3 Å². The molecule has 7 heteroatoms. The number of ether oxygens (including phenoxy) is 2. The summed E-state index contributed by atoms with van der Waals surface area (Å²) < 4.78 is 13.2. The second kappa shape index (κ2) is 9.57. The van der Waals surface area contributed by atoms with Gasteiger partial charge in [-0.2, -0.15) is 0 Å². The van der Waals surface area contributed by atoms with E-state index in [0.717, 1.165) is 34.1 Å². The number of nitrogens with zero attached hydrogens (tertiary/aromatic N) is 3. The van der Waals surface area contributed by atoms with Gasteiger partial charge in [0.15, 0.2) is 5.11 Å². The first-order valence-corrected chi connectivity index (χ1v) is 11.5. The number of nitrogens with one attached hydrogen (secondary N) is 1. The monoisotopic (exact) mass is 470 g/mol. The molecule has 5 rings (SSSR count). The van der Waals surface area contributed by atoms with Gasteiger partial charge in [-0.3, -0.25) is 4.98 Å². The van der Waals surface area contributed by atoms with Gasteiger partial charge in [-0.25, -0.2) is 0 Å². The van der Waals surface area contributed by atoms with E-state index in [1.54, 1.807) is 14.2 Å². The first-order valence-electron chi connectivity index (χ1n) is 11.1. The Balaban J connectivity index is 1.59. The third-order valence-corrected chi connectivity index (χ3v) is 6.49. The van der Waals surface area contributed by atoms with Gasteiger partial charge in [-0.15, -0.1) is 0 Å². The first kappa shape index (κ1) is 22.0. The average Bonchev–Trinajstić information content (AvgIpc) is 3.49. The molecule has 1 fully saturated rings. The van der Waals surface area contributed by atoms with Crippen LogP contribution in [0, 0.1) is 0 Å². The number of pyridine rings is 1. The molecule has 6 nitrogen and oxygen atoms in total. The van der Waals surface area contributed by atoms with Crippen LogP contribution in [-0.2, 0) is 6.54 Å². The minimum Gasteiger partial charge on any atom is -0.497 e. The van der Waals surface area contributed by atoms with E-state index in [4.69, 9.17) is 21.7 Å². The SMILES string of the molecule is COc1ccc(CN2C(=S)N[C@@H](c3ccccn3)[C@H]2c2cccn2-c2ccccc2OC)cc1. The molecule has 0 unspecified atom stereocenters. The molecule has 0 aliphatic carbocycles. The lowest BCUT2D eigenvalue weighted by atomic mass is 10.0. The Hall–Kier alpha value is -3.84. The third-order valence-electron chi connectivity index (χ3n) is 6.14. The van der Waals surface area contributed by atoms with Crippen molar-refractivity contribution < 1.29 is 9.47 Å². The summed E-state index contributed by atoms with van der Waals surface area (Å²) >= 11 is 5.85. The quantitative estimate of drug-likeness (QED) is 0.381. The zero-order valence-corrected chi connectivity index (χ0v) is 19.9. The van der Waals surface area contributed by atoms with Crippen LogP contribution in [0.5, 0.6) is 11.5 Å². The summed E-state index contributed by atoms with van der Waals surface area (Å²) in [6.45, 7) is 0.654. The number of benzene rings is 2. The maximum Gasteiger partial charge on any atom is 0.170 e. The van der Waals surface area contributed by atoms with Crippen LogP contribution >= 0.6 is 12.2 Å². The van der Waals surface area contributed by atoms with E-state index in [1.165, 1.54) is 0 Å². The Morgan fingerprint density at radius 1 is 0.912 bits per heavy atom. The minimum absolute atomic E-state index is 0.0792.